The Labute approximate surface area is 150 Å². The van der Waals surface area contributed by atoms with Crippen molar-refractivity contribution in [1.29, 1.82) is 0 Å². The normalized spacial score (nSPS) is 11.2. The third-order valence-electron chi connectivity index (χ3n) is 4.44. The highest BCUT2D eigenvalue weighted by Gasteiger charge is 2.23. The standard InChI is InChI=1S/C20H18ClNO3/c1-11(2)12-8-9-16-14(10-12)17(13-6-4-5-7-15(13)21)18(20(24)25)19(23)22(16)3/h4-11H,1-3H3,(H,24,25). The minimum Gasteiger partial charge on any atom is -0.477 e. The Hall–Kier alpha value is -2.59. The highest BCUT2D eigenvalue weighted by atomic mass is 35.5. The van der Waals surface area contributed by atoms with Crippen molar-refractivity contribution in [1.82, 2.24) is 4.57 Å². The summed E-state index contributed by atoms with van der Waals surface area (Å²) in [6, 6.07) is 12.8. The fraction of sp³-hybridized carbons (Fsp3) is 0.200. The average Bonchev–Trinajstić information content (AvgIpc) is 2.57. The number of halogens is 1. The lowest BCUT2D eigenvalue weighted by Gasteiger charge is -2.16. The van der Waals surface area contributed by atoms with Gasteiger partial charge in [0.1, 0.15) is 5.56 Å². The second kappa shape index (κ2) is 6.37. The highest BCUT2D eigenvalue weighted by molar-refractivity contribution is 6.34. The van der Waals surface area contributed by atoms with E-state index in [9.17, 15) is 14.7 Å². The average molecular weight is 356 g/mol. The largest absolute Gasteiger partial charge is 0.477 e. The zero-order valence-corrected chi connectivity index (χ0v) is 15.0. The van der Waals surface area contributed by atoms with Crippen LogP contribution in [-0.4, -0.2) is 15.6 Å². The second-order valence-corrected chi connectivity index (χ2v) is 6.74. The van der Waals surface area contributed by atoms with Gasteiger partial charge in [-0.05, 0) is 29.7 Å². The van der Waals surface area contributed by atoms with E-state index in [1.54, 1.807) is 31.3 Å². The molecule has 0 aliphatic carbocycles. The summed E-state index contributed by atoms with van der Waals surface area (Å²) in [5, 5.41) is 10.8. The molecule has 0 aliphatic heterocycles. The second-order valence-electron chi connectivity index (χ2n) is 6.33. The molecule has 5 heteroatoms. The van der Waals surface area contributed by atoms with E-state index in [0.29, 0.717) is 27.1 Å². The van der Waals surface area contributed by atoms with Crippen LogP contribution in [0, 0.1) is 0 Å². The van der Waals surface area contributed by atoms with E-state index in [-0.39, 0.29) is 11.5 Å². The van der Waals surface area contributed by atoms with Gasteiger partial charge in [0.2, 0.25) is 0 Å². The molecule has 0 saturated carbocycles. The molecule has 0 spiro atoms. The van der Waals surface area contributed by atoms with Gasteiger partial charge in [-0.25, -0.2) is 4.79 Å². The van der Waals surface area contributed by atoms with Crippen molar-refractivity contribution in [3.05, 3.63) is 69.0 Å². The maximum Gasteiger partial charge on any atom is 0.342 e. The molecular formula is C20H18ClNO3. The van der Waals surface area contributed by atoms with Crippen LogP contribution in [0.5, 0.6) is 0 Å². The van der Waals surface area contributed by atoms with Crippen LogP contribution < -0.4 is 5.56 Å². The van der Waals surface area contributed by atoms with Crippen LogP contribution >= 0.6 is 11.6 Å². The zero-order valence-electron chi connectivity index (χ0n) is 14.2. The maximum atomic E-state index is 12.7. The number of carboxylic acids is 1. The number of hydrogen-bond donors (Lipinski definition) is 1. The van der Waals surface area contributed by atoms with Crippen molar-refractivity contribution in [2.75, 3.05) is 0 Å². The predicted octanol–water partition coefficient (Wildman–Crippen LogP) is 4.68. The summed E-state index contributed by atoms with van der Waals surface area (Å²) in [4.78, 5) is 24.6. The van der Waals surface area contributed by atoms with Crippen LogP contribution in [0.2, 0.25) is 5.02 Å². The molecule has 0 radical (unpaired) electrons. The first-order valence-electron chi connectivity index (χ1n) is 7.97. The molecule has 0 amide bonds. The summed E-state index contributed by atoms with van der Waals surface area (Å²) in [5.41, 5.74) is 1.85. The molecule has 25 heavy (non-hydrogen) atoms. The highest BCUT2D eigenvalue weighted by Crippen LogP contribution is 2.36. The molecule has 1 N–H and O–H groups in total. The lowest BCUT2D eigenvalue weighted by atomic mass is 9.92. The van der Waals surface area contributed by atoms with Crippen molar-refractivity contribution >= 4 is 28.5 Å². The van der Waals surface area contributed by atoms with E-state index >= 15 is 0 Å². The molecule has 3 aromatic rings. The number of rotatable bonds is 3. The van der Waals surface area contributed by atoms with Gasteiger partial charge >= 0.3 is 5.97 Å². The van der Waals surface area contributed by atoms with Gasteiger partial charge in [-0.15, -0.1) is 0 Å². The summed E-state index contributed by atoms with van der Waals surface area (Å²) in [6.07, 6.45) is 0. The first-order valence-corrected chi connectivity index (χ1v) is 8.35. The number of aromatic nitrogens is 1. The summed E-state index contributed by atoms with van der Waals surface area (Å²) >= 11 is 6.33. The van der Waals surface area contributed by atoms with Gasteiger partial charge in [-0.2, -0.15) is 0 Å². The van der Waals surface area contributed by atoms with Crippen molar-refractivity contribution in [3.8, 4) is 11.1 Å². The molecule has 1 aromatic heterocycles. The SMILES string of the molecule is CC(C)c1ccc2c(c1)c(-c1ccccc1Cl)c(C(=O)O)c(=O)n2C. The number of hydrogen-bond acceptors (Lipinski definition) is 2. The molecule has 1 heterocycles. The van der Waals surface area contributed by atoms with E-state index < -0.39 is 11.5 Å². The van der Waals surface area contributed by atoms with Gasteiger partial charge in [0.05, 0.1) is 5.52 Å². The molecular weight excluding hydrogens is 338 g/mol. The fourth-order valence-electron chi connectivity index (χ4n) is 3.07. The molecule has 2 aromatic carbocycles. The van der Waals surface area contributed by atoms with Gasteiger partial charge in [-0.3, -0.25) is 4.79 Å². The summed E-state index contributed by atoms with van der Waals surface area (Å²) in [5.74, 6) is -0.985. The third-order valence-corrected chi connectivity index (χ3v) is 4.77. The van der Waals surface area contributed by atoms with Gasteiger partial charge in [0, 0.05) is 28.6 Å². The first kappa shape index (κ1) is 17.2. The monoisotopic (exact) mass is 355 g/mol. The van der Waals surface area contributed by atoms with Crippen LogP contribution in [0.25, 0.3) is 22.0 Å². The third kappa shape index (κ3) is 2.83. The van der Waals surface area contributed by atoms with E-state index in [1.807, 2.05) is 18.2 Å². The summed E-state index contributed by atoms with van der Waals surface area (Å²) in [7, 11) is 1.59. The van der Waals surface area contributed by atoms with Crippen LogP contribution in [-0.2, 0) is 7.05 Å². The molecule has 0 unspecified atom stereocenters. The van der Waals surface area contributed by atoms with Crippen LogP contribution in [0.15, 0.2) is 47.3 Å². The fourth-order valence-corrected chi connectivity index (χ4v) is 3.30. The molecule has 0 fully saturated rings. The van der Waals surface area contributed by atoms with E-state index in [1.165, 1.54) is 4.57 Å². The molecule has 3 rings (SSSR count). The predicted molar refractivity (Wildman–Crippen MR) is 101 cm³/mol. The van der Waals surface area contributed by atoms with Crippen molar-refractivity contribution in [2.45, 2.75) is 19.8 Å². The van der Waals surface area contributed by atoms with Crippen LogP contribution in [0.4, 0.5) is 0 Å². The Morgan fingerprint density at radius 2 is 1.84 bits per heavy atom. The number of nitrogens with zero attached hydrogens (tertiary/aromatic N) is 1. The zero-order chi connectivity index (χ0) is 18.3. The first-order chi connectivity index (χ1) is 11.8. The Balaban J connectivity index is 2.59. The topological polar surface area (TPSA) is 59.3 Å². The van der Waals surface area contributed by atoms with Gasteiger partial charge < -0.3 is 9.67 Å². The summed E-state index contributed by atoms with van der Waals surface area (Å²) in [6.45, 7) is 4.13. The van der Waals surface area contributed by atoms with Gasteiger partial charge in [0.25, 0.3) is 5.56 Å². The van der Waals surface area contributed by atoms with Gasteiger partial charge in [0.15, 0.2) is 0 Å². The lowest BCUT2D eigenvalue weighted by Crippen LogP contribution is -2.26. The van der Waals surface area contributed by atoms with E-state index in [2.05, 4.69) is 13.8 Å². The van der Waals surface area contributed by atoms with Crippen LogP contribution in [0.3, 0.4) is 0 Å². The molecule has 0 aliphatic rings. The van der Waals surface area contributed by atoms with Crippen molar-refractivity contribution in [2.24, 2.45) is 7.05 Å². The van der Waals surface area contributed by atoms with Crippen molar-refractivity contribution in [3.63, 3.8) is 0 Å². The Morgan fingerprint density at radius 3 is 2.44 bits per heavy atom. The van der Waals surface area contributed by atoms with Gasteiger partial charge in [-0.1, -0.05) is 49.7 Å². The minimum absolute atomic E-state index is 0.260. The number of pyridine rings is 1. The lowest BCUT2D eigenvalue weighted by molar-refractivity contribution is 0.0695. The number of aryl methyl sites for hydroxylation is 1. The van der Waals surface area contributed by atoms with E-state index in [4.69, 9.17) is 11.6 Å². The minimum atomic E-state index is -1.26. The Kier molecular flexibility index (Phi) is 4.39. The number of fused-ring (bicyclic) bond motifs is 1. The number of aromatic carboxylic acids is 1. The summed E-state index contributed by atoms with van der Waals surface area (Å²) < 4.78 is 1.38. The maximum absolute atomic E-state index is 12.7. The number of carbonyl (C=O) groups is 1. The number of benzene rings is 2. The van der Waals surface area contributed by atoms with E-state index in [0.717, 1.165) is 5.56 Å². The Bertz CT molecular complexity index is 1050. The Morgan fingerprint density at radius 1 is 1.16 bits per heavy atom. The molecule has 0 atom stereocenters. The molecule has 0 saturated heterocycles. The molecule has 128 valence electrons. The smallest absolute Gasteiger partial charge is 0.342 e. The number of carboxylic acid groups (broad SMARTS) is 1. The van der Waals surface area contributed by atoms with Crippen LogP contribution in [0.1, 0.15) is 35.7 Å². The quantitative estimate of drug-likeness (QED) is 0.742. The van der Waals surface area contributed by atoms with Crippen molar-refractivity contribution < 1.29 is 9.90 Å². The molecule has 0 bridgehead atoms. The molecule has 4 nitrogen and oxygen atoms in total.